The van der Waals surface area contributed by atoms with Gasteiger partial charge in [0.2, 0.25) is 0 Å². The predicted molar refractivity (Wildman–Crippen MR) is 103 cm³/mol. The van der Waals surface area contributed by atoms with Gasteiger partial charge in [-0.15, -0.1) is 0 Å². The van der Waals surface area contributed by atoms with E-state index in [4.69, 9.17) is 4.74 Å². The summed E-state index contributed by atoms with van der Waals surface area (Å²) in [6, 6.07) is 10.9. The van der Waals surface area contributed by atoms with Gasteiger partial charge >= 0.3 is 0 Å². The first kappa shape index (κ1) is 18.2. The van der Waals surface area contributed by atoms with Gasteiger partial charge in [0.05, 0.1) is 17.9 Å². The Hall–Kier alpha value is -2.18. The zero-order valence-corrected chi connectivity index (χ0v) is 16.6. The average Bonchev–Trinajstić information content (AvgIpc) is 2.90. The number of aromatic nitrogens is 2. The van der Waals surface area contributed by atoms with Crippen LogP contribution in [0.1, 0.15) is 47.3 Å². The number of rotatable bonds is 4. The van der Waals surface area contributed by atoms with Crippen LogP contribution in [-0.4, -0.2) is 57.8 Å². The molecule has 2 aliphatic heterocycles. The summed E-state index contributed by atoms with van der Waals surface area (Å²) in [4.78, 5) is 17.4. The molecule has 1 aromatic heterocycles. The number of likely N-dealkylation sites (N-methyl/N-ethyl adjacent to an activating group) is 1. The number of ether oxygens (including phenoxy) is 1. The second-order valence-corrected chi connectivity index (χ2v) is 7.89. The highest BCUT2D eigenvalue weighted by atomic mass is 16.5. The summed E-state index contributed by atoms with van der Waals surface area (Å²) in [6.07, 6.45) is 0.807. The molecule has 6 heteroatoms. The van der Waals surface area contributed by atoms with Crippen LogP contribution in [0.4, 0.5) is 0 Å². The summed E-state index contributed by atoms with van der Waals surface area (Å²) in [5, 5.41) is 4.57. The Morgan fingerprint density at radius 2 is 1.96 bits per heavy atom. The maximum atomic E-state index is 13.1. The van der Waals surface area contributed by atoms with E-state index in [1.807, 2.05) is 24.9 Å². The Labute approximate surface area is 160 Å². The van der Waals surface area contributed by atoms with Crippen LogP contribution in [0.2, 0.25) is 0 Å². The molecule has 6 nitrogen and oxygen atoms in total. The number of aryl methyl sites for hydroxylation is 1. The predicted octanol–water partition coefficient (Wildman–Crippen LogP) is 2.40. The van der Waals surface area contributed by atoms with Crippen molar-refractivity contribution in [3.05, 3.63) is 52.8 Å². The Balaban J connectivity index is 1.42. The number of carbonyl (C=O) groups excluding carboxylic acids is 1. The smallest absolute Gasteiger partial charge is 0.272 e. The number of hydrogen-bond acceptors (Lipinski definition) is 4. The minimum absolute atomic E-state index is 0.0577. The molecule has 144 valence electrons. The lowest BCUT2D eigenvalue weighted by atomic mass is 9.98. The van der Waals surface area contributed by atoms with Crippen molar-refractivity contribution in [3.8, 4) is 0 Å². The fourth-order valence-electron chi connectivity index (χ4n) is 4.18. The third kappa shape index (κ3) is 3.39. The van der Waals surface area contributed by atoms with Gasteiger partial charge in [-0.25, -0.2) is 0 Å². The third-order valence-electron chi connectivity index (χ3n) is 5.74. The van der Waals surface area contributed by atoms with Crippen LogP contribution >= 0.6 is 0 Å². The minimum Gasteiger partial charge on any atom is -0.369 e. The largest absolute Gasteiger partial charge is 0.369 e. The second-order valence-electron chi connectivity index (χ2n) is 7.89. The van der Waals surface area contributed by atoms with Crippen LogP contribution in [-0.2, 0) is 24.8 Å². The van der Waals surface area contributed by atoms with Crippen molar-refractivity contribution in [1.82, 2.24) is 19.6 Å². The molecule has 0 bridgehead atoms. The number of likely N-dealkylation sites (tertiary alicyclic amines) is 1. The van der Waals surface area contributed by atoms with Gasteiger partial charge in [-0.1, -0.05) is 30.3 Å². The first-order chi connectivity index (χ1) is 12.9. The van der Waals surface area contributed by atoms with Crippen molar-refractivity contribution in [2.24, 2.45) is 7.05 Å². The van der Waals surface area contributed by atoms with Crippen LogP contribution in [0.15, 0.2) is 30.3 Å². The SMILES string of the molecule is C[C@@H]1Cc2c(nn(C)c2C(=O)N2CC(N(C)Cc3ccccc3)C2)[C@H](C)O1. The van der Waals surface area contributed by atoms with E-state index in [1.165, 1.54) is 5.56 Å². The van der Waals surface area contributed by atoms with Gasteiger partial charge in [-0.05, 0) is 26.5 Å². The lowest BCUT2D eigenvalue weighted by Gasteiger charge is -2.44. The molecule has 0 unspecified atom stereocenters. The van der Waals surface area contributed by atoms with E-state index >= 15 is 0 Å². The van der Waals surface area contributed by atoms with Crippen LogP contribution in [0.3, 0.4) is 0 Å². The Morgan fingerprint density at radius 1 is 1.26 bits per heavy atom. The van der Waals surface area contributed by atoms with Crippen molar-refractivity contribution in [3.63, 3.8) is 0 Å². The molecule has 0 saturated carbocycles. The monoisotopic (exact) mass is 368 g/mol. The Morgan fingerprint density at radius 3 is 2.67 bits per heavy atom. The van der Waals surface area contributed by atoms with Crippen LogP contribution in [0, 0.1) is 0 Å². The highest BCUT2D eigenvalue weighted by Gasteiger charge is 2.38. The number of benzene rings is 1. The summed E-state index contributed by atoms with van der Waals surface area (Å²) < 4.78 is 7.60. The van der Waals surface area contributed by atoms with E-state index < -0.39 is 0 Å². The summed E-state index contributed by atoms with van der Waals surface area (Å²) >= 11 is 0. The molecule has 4 rings (SSSR count). The van der Waals surface area contributed by atoms with Gasteiger partial charge < -0.3 is 9.64 Å². The molecule has 1 fully saturated rings. The molecule has 0 spiro atoms. The zero-order chi connectivity index (χ0) is 19.1. The first-order valence-electron chi connectivity index (χ1n) is 9.68. The van der Waals surface area contributed by atoms with Gasteiger partial charge in [-0.3, -0.25) is 14.4 Å². The van der Waals surface area contributed by atoms with Gasteiger partial charge in [0, 0.05) is 44.7 Å². The van der Waals surface area contributed by atoms with Crippen LogP contribution in [0.5, 0.6) is 0 Å². The molecule has 2 atom stereocenters. The molecular weight excluding hydrogens is 340 g/mol. The second kappa shape index (κ2) is 7.09. The highest BCUT2D eigenvalue weighted by molar-refractivity contribution is 5.95. The quantitative estimate of drug-likeness (QED) is 0.832. The lowest BCUT2D eigenvalue weighted by molar-refractivity contribution is -0.00725. The number of hydrogen-bond donors (Lipinski definition) is 0. The standard InChI is InChI=1S/C21H28N4O2/c1-14-10-18-19(15(2)27-14)22-24(4)20(18)21(26)25-12-17(13-25)23(3)11-16-8-6-5-7-9-16/h5-9,14-15,17H,10-13H2,1-4H3/t14-,15+/m1/s1. The van der Waals surface area contributed by atoms with Gasteiger partial charge in [0.25, 0.3) is 5.91 Å². The molecule has 2 aromatic rings. The normalized spacial score (nSPS) is 22.6. The van der Waals surface area contributed by atoms with Crippen LogP contribution < -0.4 is 0 Å². The van der Waals surface area contributed by atoms with Crippen molar-refractivity contribution in [1.29, 1.82) is 0 Å². The molecule has 27 heavy (non-hydrogen) atoms. The molecule has 0 N–H and O–H groups in total. The average molecular weight is 368 g/mol. The minimum atomic E-state index is -0.0577. The van der Waals surface area contributed by atoms with E-state index in [0.29, 0.717) is 6.04 Å². The van der Waals surface area contributed by atoms with E-state index in [-0.39, 0.29) is 18.1 Å². The third-order valence-corrected chi connectivity index (χ3v) is 5.74. The topological polar surface area (TPSA) is 50.6 Å². The Kier molecular flexibility index (Phi) is 4.78. The molecule has 0 radical (unpaired) electrons. The maximum absolute atomic E-state index is 13.1. The molecule has 3 heterocycles. The van der Waals surface area contributed by atoms with Gasteiger partial charge in [0.1, 0.15) is 5.69 Å². The number of nitrogens with zero attached hydrogens (tertiary/aromatic N) is 4. The highest BCUT2D eigenvalue weighted by Crippen LogP contribution is 2.32. The van der Waals surface area contributed by atoms with Crippen molar-refractivity contribution >= 4 is 5.91 Å². The van der Waals surface area contributed by atoms with Crippen molar-refractivity contribution in [2.45, 2.75) is 45.1 Å². The van der Waals surface area contributed by atoms with Crippen molar-refractivity contribution in [2.75, 3.05) is 20.1 Å². The van der Waals surface area contributed by atoms with Gasteiger partial charge in [-0.2, -0.15) is 5.10 Å². The molecule has 0 aliphatic carbocycles. The van der Waals surface area contributed by atoms with E-state index in [9.17, 15) is 4.79 Å². The molecular formula is C21H28N4O2. The lowest BCUT2D eigenvalue weighted by Crippen LogP contribution is -2.60. The molecule has 1 saturated heterocycles. The van der Waals surface area contributed by atoms with E-state index in [1.54, 1.807) is 4.68 Å². The number of carbonyl (C=O) groups is 1. The number of fused-ring (bicyclic) bond motifs is 1. The zero-order valence-electron chi connectivity index (χ0n) is 16.6. The van der Waals surface area contributed by atoms with E-state index in [0.717, 1.165) is 43.0 Å². The van der Waals surface area contributed by atoms with Crippen LogP contribution in [0.25, 0.3) is 0 Å². The Bertz CT molecular complexity index is 826. The summed E-state index contributed by atoms with van der Waals surface area (Å²) in [5.41, 5.74) is 4.01. The fraction of sp³-hybridized carbons (Fsp3) is 0.524. The fourth-order valence-corrected chi connectivity index (χ4v) is 4.18. The molecule has 2 aliphatic rings. The number of amides is 1. The van der Waals surface area contributed by atoms with E-state index in [2.05, 4.69) is 48.2 Å². The summed E-state index contributed by atoms with van der Waals surface area (Å²) in [6.45, 7) is 6.50. The summed E-state index contributed by atoms with van der Waals surface area (Å²) in [5.74, 6) is 0.0944. The maximum Gasteiger partial charge on any atom is 0.272 e. The first-order valence-corrected chi connectivity index (χ1v) is 9.68. The molecule has 1 amide bonds. The van der Waals surface area contributed by atoms with Crippen molar-refractivity contribution < 1.29 is 9.53 Å². The molecule has 1 aromatic carbocycles. The summed E-state index contributed by atoms with van der Waals surface area (Å²) in [7, 11) is 3.99. The van der Waals surface area contributed by atoms with Gasteiger partial charge in [0.15, 0.2) is 0 Å².